The summed E-state index contributed by atoms with van der Waals surface area (Å²) in [5, 5.41) is 6.95. The fraction of sp³-hybridized carbons (Fsp3) is 0.412. The van der Waals surface area contributed by atoms with E-state index in [4.69, 9.17) is 2.74 Å². The Labute approximate surface area is 132 Å². The Balaban J connectivity index is 1.75. The third-order valence-corrected chi connectivity index (χ3v) is 4.40. The fourth-order valence-corrected chi connectivity index (χ4v) is 3.31. The van der Waals surface area contributed by atoms with Crippen molar-refractivity contribution in [1.29, 1.82) is 0 Å². The number of fused-ring (bicyclic) bond motifs is 1. The predicted octanol–water partition coefficient (Wildman–Crippen LogP) is 2.39. The molecule has 1 aromatic carbocycles. The summed E-state index contributed by atoms with van der Waals surface area (Å²) in [5.41, 5.74) is 1.88. The number of nitrogens with zero attached hydrogens (tertiary/aromatic N) is 2. The van der Waals surface area contributed by atoms with Crippen molar-refractivity contribution in [3.05, 3.63) is 42.7 Å². The molecule has 0 saturated carbocycles. The molecule has 4 nitrogen and oxygen atoms in total. The van der Waals surface area contributed by atoms with E-state index in [9.17, 15) is 4.39 Å². The van der Waals surface area contributed by atoms with Gasteiger partial charge in [-0.05, 0) is 31.2 Å². The topological polar surface area (TPSA) is 32.2 Å². The van der Waals surface area contributed by atoms with Crippen molar-refractivity contribution in [3.63, 3.8) is 0 Å². The van der Waals surface area contributed by atoms with Crippen molar-refractivity contribution in [1.82, 2.24) is 15.2 Å². The minimum atomic E-state index is -0.900. The SMILES string of the molecule is [2H]C1C=CN(c2cccc3c2ccn3C2CCNCC2F)C([2H])N1. The summed E-state index contributed by atoms with van der Waals surface area (Å²) in [6, 6.07) is 7.74. The lowest BCUT2D eigenvalue weighted by molar-refractivity contribution is 0.187. The van der Waals surface area contributed by atoms with Gasteiger partial charge in [0.05, 0.1) is 25.3 Å². The molecule has 2 aliphatic rings. The normalized spacial score (nSPS) is 33.8. The summed E-state index contributed by atoms with van der Waals surface area (Å²) in [7, 11) is 0. The Hall–Kier alpha value is -1.85. The van der Waals surface area contributed by atoms with Crippen LogP contribution in [0.4, 0.5) is 10.1 Å². The number of alkyl halides is 1. The van der Waals surface area contributed by atoms with Crippen LogP contribution in [0.3, 0.4) is 0 Å². The largest absolute Gasteiger partial charge is 0.341 e. The van der Waals surface area contributed by atoms with E-state index in [2.05, 4.69) is 10.6 Å². The smallest absolute Gasteiger partial charge is 0.133 e. The van der Waals surface area contributed by atoms with Gasteiger partial charge in [0.25, 0.3) is 0 Å². The van der Waals surface area contributed by atoms with Crippen LogP contribution in [0.1, 0.15) is 15.2 Å². The first-order chi connectivity index (χ1) is 11.6. The zero-order chi connectivity index (χ0) is 16.7. The number of hydrogen-bond donors (Lipinski definition) is 2. The predicted molar refractivity (Wildman–Crippen MR) is 87.8 cm³/mol. The van der Waals surface area contributed by atoms with Crippen molar-refractivity contribution < 1.29 is 7.13 Å². The van der Waals surface area contributed by atoms with Crippen LogP contribution in [0.15, 0.2) is 42.7 Å². The molecule has 0 radical (unpaired) electrons. The van der Waals surface area contributed by atoms with Crippen molar-refractivity contribution in [2.24, 2.45) is 0 Å². The number of hydrogen-bond acceptors (Lipinski definition) is 3. The number of benzene rings is 1. The molecule has 0 bridgehead atoms. The highest BCUT2D eigenvalue weighted by Gasteiger charge is 2.27. The average Bonchev–Trinajstić information content (AvgIpc) is 2.99. The number of nitrogens with one attached hydrogen (secondary N) is 2. The van der Waals surface area contributed by atoms with Crippen molar-refractivity contribution >= 4 is 16.6 Å². The highest BCUT2D eigenvalue weighted by atomic mass is 19.1. The zero-order valence-electron chi connectivity index (χ0n) is 14.2. The summed E-state index contributed by atoms with van der Waals surface area (Å²) in [5.74, 6) is 0. The average molecular weight is 302 g/mol. The third kappa shape index (κ3) is 2.30. The first-order valence-corrected chi connectivity index (χ1v) is 7.67. The number of rotatable bonds is 2. The highest BCUT2D eigenvalue weighted by Crippen LogP contribution is 2.32. The molecule has 1 aromatic heterocycles. The van der Waals surface area contributed by atoms with E-state index < -0.39 is 19.3 Å². The van der Waals surface area contributed by atoms with Crippen molar-refractivity contribution in [2.45, 2.75) is 18.6 Å². The first-order valence-electron chi connectivity index (χ1n) is 8.82. The molecule has 2 aliphatic heterocycles. The molecular weight excluding hydrogens is 279 g/mol. The minimum absolute atomic E-state index is 0.154. The van der Waals surface area contributed by atoms with Gasteiger partial charge in [-0.1, -0.05) is 12.1 Å². The van der Waals surface area contributed by atoms with Gasteiger partial charge < -0.3 is 14.8 Å². The van der Waals surface area contributed by atoms with Crippen LogP contribution in [0, 0.1) is 0 Å². The third-order valence-electron chi connectivity index (χ3n) is 4.40. The van der Waals surface area contributed by atoms with Gasteiger partial charge in [0.15, 0.2) is 0 Å². The van der Waals surface area contributed by atoms with Gasteiger partial charge in [0, 0.05) is 32.2 Å². The summed E-state index contributed by atoms with van der Waals surface area (Å²) in [4.78, 5) is 1.80. The molecule has 5 heteroatoms. The van der Waals surface area contributed by atoms with Crippen LogP contribution in [-0.4, -0.2) is 37.0 Å². The van der Waals surface area contributed by atoms with E-state index in [1.54, 1.807) is 17.2 Å². The molecule has 2 N–H and O–H groups in total. The fourth-order valence-electron chi connectivity index (χ4n) is 3.31. The molecule has 4 rings (SSSR count). The Morgan fingerprint density at radius 1 is 1.27 bits per heavy atom. The second-order valence-electron chi connectivity index (χ2n) is 5.72. The Morgan fingerprint density at radius 2 is 2.23 bits per heavy atom. The van der Waals surface area contributed by atoms with Crippen molar-refractivity contribution in [2.75, 3.05) is 31.2 Å². The van der Waals surface area contributed by atoms with E-state index in [0.717, 1.165) is 29.6 Å². The Morgan fingerprint density at radius 3 is 3.09 bits per heavy atom. The van der Waals surface area contributed by atoms with Crippen LogP contribution in [0.25, 0.3) is 10.9 Å². The van der Waals surface area contributed by atoms with E-state index in [1.165, 1.54) is 0 Å². The quantitative estimate of drug-likeness (QED) is 0.893. The maximum atomic E-state index is 14.3. The van der Waals surface area contributed by atoms with Gasteiger partial charge in [-0.2, -0.15) is 0 Å². The van der Waals surface area contributed by atoms with E-state index in [-0.39, 0.29) is 6.04 Å². The van der Waals surface area contributed by atoms with Crippen LogP contribution in [0.2, 0.25) is 0 Å². The molecule has 3 heterocycles. The summed E-state index contributed by atoms with van der Waals surface area (Å²) >= 11 is 0. The summed E-state index contributed by atoms with van der Waals surface area (Å²) in [6.07, 6.45) is 5.31. The molecule has 22 heavy (non-hydrogen) atoms. The standard InChI is InChI=1S/C17H21FN4/c18-14-11-19-8-5-17(14)22-10-6-13-15(3-1-4-16(13)22)21-9-2-7-20-12-21/h1-4,6,9-10,14,17,19-20H,5,7-8,11-12H2/i7D,12D. The van der Waals surface area contributed by atoms with Crippen LogP contribution < -0.4 is 15.5 Å². The molecule has 0 spiro atoms. The van der Waals surface area contributed by atoms with Crippen LogP contribution >= 0.6 is 0 Å². The lowest BCUT2D eigenvalue weighted by atomic mass is 10.0. The Bertz CT molecular complexity index is 762. The zero-order valence-corrected chi connectivity index (χ0v) is 12.2. The molecule has 0 aliphatic carbocycles. The van der Waals surface area contributed by atoms with E-state index in [0.29, 0.717) is 6.54 Å². The molecule has 4 unspecified atom stereocenters. The summed E-state index contributed by atoms with van der Waals surface area (Å²) in [6.45, 7) is -0.0559. The lowest BCUT2D eigenvalue weighted by Gasteiger charge is -2.29. The minimum Gasteiger partial charge on any atom is -0.341 e. The number of halogens is 1. The Kier molecular flexibility index (Phi) is 3.05. The molecule has 4 atom stereocenters. The maximum absolute atomic E-state index is 14.3. The van der Waals surface area contributed by atoms with Gasteiger partial charge in [0.2, 0.25) is 0 Å². The first kappa shape index (κ1) is 11.7. The molecule has 1 fully saturated rings. The van der Waals surface area contributed by atoms with E-state index in [1.807, 2.05) is 35.0 Å². The number of aromatic nitrogens is 1. The van der Waals surface area contributed by atoms with Crippen LogP contribution in [0.5, 0.6) is 0 Å². The van der Waals surface area contributed by atoms with Crippen molar-refractivity contribution in [3.8, 4) is 0 Å². The molecular formula is C17H21FN4. The molecule has 2 aromatic rings. The highest BCUT2D eigenvalue weighted by molar-refractivity contribution is 5.93. The second kappa shape index (κ2) is 5.74. The maximum Gasteiger partial charge on any atom is 0.133 e. The van der Waals surface area contributed by atoms with Gasteiger partial charge in [-0.15, -0.1) is 0 Å². The summed E-state index contributed by atoms with van der Waals surface area (Å²) < 4.78 is 32.2. The molecule has 1 saturated heterocycles. The monoisotopic (exact) mass is 302 g/mol. The number of anilines is 1. The number of piperidine rings is 1. The van der Waals surface area contributed by atoms with Gasteiger partial charge in [0.1, 0.15) is 6.17 Å². The van der Waals surface area contributed by atoms with Gasteiger partial charge in [-0.25, -0.2) is 4.39 Å². The molecule has 0 amide bonds. The molecule has 116 valence electrons. The lowest BCUT2D eigenvalue weighted by Crippen LogP contribution is -2.39. The van der Waals surface area contributed by atoms with Gasteiger partial charge in [-0.3, -0.25) is 5.32 Å². The second-order valence-corrected chi connectivity index (χ2v) is 5.72. The van der Waals surface area contributed by atoms with Crippen LogP contribution in [-0.2, 0) is 0 Å². The van der Waals surface area contributed by atoms with Gasteiger partial charge >= 0.3 is 0 Å². The van der Waals surface area contributed by atoms with E-state index >= 15 is 0 Å².